The molecule has 1 aliphatic carbocycles. The van der Waals surface area contributed by atoms with Gasteiger partial charge in [-0.15, -0.1) is 24.0 Å². The third-order valence-corrected chi connectivity index (χ3v) is 5.02. The molecule has 0 amide bonds. The smallest absolute Gasteiger partial charge is 0.337 e. The van der Waals surface area contributed by atoms with Gasteiger partial charge >= 0.3 is 5.97 Å². The van der Waals surface area contributed by atoms with Crippen LogP contribution >= 0.6 is 24.0 Å². The molecule has 1 saturated carbocycles. The van der Waals surface area contributed by atoms with Gasteiger partial charge in [-0.3, -0.25) is 0 Å². The van der Waals surface area contributed by atoms with Crippen LogP contribution in [0.3, 0.4) is 0 Å². The van der Waals surface area contributed by atoms with Gasteiger partial charge in [0.1, 0.15) is 0 Å². The Labute approximate surface area is 179 Å². The molecule has 0 atom stereocenters. The van der Waals surface area contributed by atoms with Crippen molar-refractivity contribution in [2.75, 3.05) is 33.9 Å². The van der Waals surface area contributed by atoms with E-state index in [1.165, 1.54) is 26.4 Å². The number of rotatable bonds is 9. The van der Waals surface area contributed by atoms with Crippen LogP contribution in [0, 0.1) is 5.41 Å². The standard InChI is InChI=1S/C20H31N3O3.HI/c1-4-21-19(23-15-20(10-5-11-20)12-13-25-2)22-14-16-6-8-17(9-7-16)18(24)26-3;/h6-9H,4-5,10-15H2,1-3H3,(H2,21,22,23);1H. The molecule has 0 aromatic heterocycles. The van der Waals surface area contributed by atoms with Crippen molar-refractivity contribution in [3.05, 3.63) is 35.4 Å². The average molecular weight is 489 g/mol. The van der Waals surface area contributed by atoms with Crippen molar-refractivity contribution >= 4 is 35.9 Å². The molecular weight excluding hydrogens is 457 g/mol. The summed E-state index contributed by atoms with van der Waals surface area (Å²) < 4.78 is 9.98. The van der Waals surface area contributed by atoms with E-state index in [2.05, 4.69) is 22.5 Å². The molecule has 6 nitrogen and oxygen atoms in total. The minimum Gasteiger partial charge on any atom is -0.465 e. The molecule has 0 unspecified atom stereocenters. The fraction of sp³-hybridized carbons (Fsp3) is 0.600. The molecule has 2 N–H and O–H groups in total. The fourth-order valence-electron chi connectivity index (χ4n) is 3.16. The molecule has 0 aliphatic heterocycles. The number of hydrogen-bond donors (Lipinski definition) is 2. The first-order valence-corrected chi connectivity index (χ1v) is 9.31. The molecule has 1 fully saturated rings. The van der Waals surface area contributed by atoms with Gasteiger partial charge in [0, 0.05) is 26.8 Å². The maximum Gasteiger partial charge on any atom is 0.337 e. The molecule has 1 aromatic carbocycles. The summed E-state index contributed by atoms with van der Waals surface area (Å²) in [7, 11) is 3.15. The van der Waals surface area contributed by atoms with Gasteiger partial charge in [0.05, 0.1) is 19.2 Å². The Morgan fingerprint density at radius 1 is 1.19 bits per heavy atom. The highest BCUT2D eigenvalue weighted by atomic mass is 127. The van der Waals surface area contributed by atoms with Crippen LogP contribution in [0.1, 0.15) is 48.5 Å². The number of esters is 1. The van der Waals surface area contributed by atoms with Crippen molar-refractivity contribution < 1.29 is 14.3 Å². The van der Waals surface area contributed by atoms with Crippen LogP contribution < -0.4 is 10.6 Å². The quantitative estimate of drug-likeness (QED) is 0.241. The molecule has 1 aromatic rings. The number of carbonyl (C=O) groups is 1. The first kappa shape index (κ1) is 23.7. The second-order valence-corrected chi connectivity index (χ2v) is 6.83. The van der Waals surface area contributed by atoms with Crippen LogP contribution in [-0.4, -0.2) is 45.8 Å². The van der Waals surface area contributed by atoms with Gasteiger partial charge in [-0.25, -0.2) is 9.79 Å². The normalized spacial score (nSPS) is 15.3. The van der Waals surface area contributed by atoms with Crippen LogP contribution in [-0.2, 0) is 16.0 Å². The lowest BCUT2D eigenvalue weighted by atomic mass is 9.67. The molecule has 0 radical (unpaired) electrons. The number of halogens is 1. The maximum atomic E-state index is 11.5. The summed E-state index contributed by atoms with van der Waals surface area (Å²) in [6, 6.07) is 7.35. The van der Waals surface area contributed by atoms with E-state index in [9.17, 15) is 4.79 Å². The third kappa shape index (κ3) is 7.29. The molecular formula is C20H32IN3O3. The zero-order chi connectivity index (χ0) is 18.8. The lowest BCUT2D eigenvalue weighted by molar-refractivity contribution is 0.0600. The zero-order valence-electron chi connectivity index (χ0n) is 16.5. The summed E-state index contributed by atoms with van der Waals surface area (Å²) >= 11 is 0. The number of carbonyl (C=O) groups excluding carboxylic acids is 1. The van der Waals surface area contributed by atoms with E-state index in [4.69, 9.17) is 9.47 Å². The summed E-state index contributed by atoms with van der Waals surface area (Å²) in [4.78, 5) is 16.2. The second-order valence-electron chi connectivity index (χ2n) is 6.83. The molecule has 152 valence electrons. The number of hydrogen-bond acceptors (Lipinski definition) is 4. The summed E-state index contributed by atoms with van der Waals surface area (Å²) in [6.07, 6.45) is 4.88. The Morgan fingerprint density at radius 2 is 1.89 bits per heavy atom. The molecule has 27 heavy (non-hydrogen) atoms. The Balaban J connectivity index is 0.00000364. The van der Waals surface area contributed by atoms with Gasteiger partial charge in [0.15, 0.2) is 5.96 Å². The molecule has 1 aliphatic rings. The number of nitrogens with one attached hydrogen (secondary N) is 2. The van der Waals surface area contributed by atoms with Crippen LogP contribution in [0.15, 0.2) is 29.3 Å². The van der Waals surface area contributed by atoms with Crippen molar-refractivity contribution in [3.8, 4) is 0 Å². The topological polar surface area (TPSA) is 72.0 Å². The predicted molar refractivity (Wildman–Crippen MR) is 119 cm³/mol. The second kappa shape index (κ2) is 12.2. The van der Waals surface area contributed by atoms with Crippen LogP contribution in [0.5, 0.6) is 0 Å². The zero-order valence-corrected chi connectivity index (χ0v) is 18.9. The van der Waals surface area contributed by atoms with Crippen LogP contribution in [0.4, 0.5) is 0 Å². The molecule has 2 rings (SSSR count). The SMILES string of the molecule is CCNC(=NCc1ccc(C(=O)OC)cc1)NCC1(CCOC)CCC1.I. The monoisotopic (exact) mass is 489 g/mol. The van der Waals surface area contributed by atoms with Crippen molar-refractivity contribution in [1.29, 1.82) is 0 Å². The summed E-state index contributed by atoms with van der Waals surface area (Å²) in [5, 5.41) is 6.79. The Hall–Kier alpha value is -1.35. The minimum atomic E-state index is -0.322. The first-order valence-electron chi connectivity index (χ1n) is 9.31. The highest BCUT2D eigenvalue weighted by Gasteiger charge is 2.36. The highest BCUT2D eigenvalue weighted by Crippen LogP contribution is 2.43. The van der Waals surface area contributed by atoms with E-state index in [1.807, 2.05) is 12.1 Å². The van der Waals surface area contributed by atoms with E-state index in [1.54, 1.807) is 19.2 Å². The predicted octanol–water partition coefficient (Wildman–Crippen LogP) is 3.35. The molecule has 7 heteroatoms. The summed E-state index contributed by atoms with van der Waals surface area (Å²) in [5.74, 6) is 0.505. The van der Waals surface area contributed by atoms with E-state index in [-0.39, 0.29) is 29.9 Å². The van der Waals surface area contributed by atoms with Gasteiger partial charge in [0.25, 0.3) is 0 Å². The van der Waals surface area contributed by atoms with Crippen molar-refractivity contribution in [3.63, 3.8) is 0 Å². The number of nitrogens with zero attached hydrogens (tertiary/aromatic N) is 1. The van der Waals surface area contributed by atoms with E-state index < -0.39 is 0 Å². The van der Waals surface area contributed by atoms with Gasteiger partial charge in [-0.1, -0.05) is 18.6 Å². The molecule has 0 saturated heterocycles. The van der Waals surface area contributed by atoms with Crippen molar-refractivity contribution in [2.45, 2.75) is 39.2 Å². The highest BCUT2D eigenvalue weighted by molar-refractivity contribution is 14.0. The number of aliphatic imine (C=N–C) groups is 1. The maximum absolute atomic E-state index is 11.5. The fourth-order valence-corrected chi connectivity index (χ4v) is 3.16. The van der Waals surface area contributed by atoms with E-state index in [0.29, 0.717) is 17.5 Å². The molecule has 0 spiro atoms. The van der Waals surface area contributed by atoms with E-state index in [0.717, 1.165) is 37.6 Å². The summed E-state index contributed by atoms with van der Waals surface area (Å²) in [5.41, 5.74) is 1.94. The number of ether oxygens (including phenoxy) is 2. The van der Waals surface area contributed by atoms with Gasteiger partial charge in [-0.2, -0.15) is 0 Å². The van der Waals surface area contributed by atoms with Gasteiger partial charge in [-0.05, 0) is 49.3 Å². The molecule has 0 bridgehead atoms. The Morgan fingerprint density at radius 3 is 2.41 bits per heavy atom. The van der Waals surface area contributed by atoms with Crippen molar-refractivity contribution in [1.82, 2.24) is 10.6 Å². The first-order chi connectivity index (χ1) is 12.6. The van der Waals surface area contributed by atoms with Gasteiger partial charge < -0.3 is 20.1 Å². The minimum absolute atomic E-state index is 0. The lowest BCUT2D eigenvalue weighted by Crippen LogP contribution is -2.46. The third-order valence-electron chi connectivity index (χ3n) is 5.02. The van der Waals surface area contributed by atoms with E-state index >= 15 is 0 Å². The number of methoxy groups -OCH3 is 2. The van der Waals surface area contributed by atoms with Crippen molar-refractivity contribution in [2.24, 2.45) is 10.4 Å². The number of guanidine groups is 1. The number of benzene rings is 1. The van der Waals surface area contributed by atoms with Gasteiger partial charge in [0.2, 0.25) is 0 Å². The average Bonchev–Trinajstić information content (AvgIpc) is 2.64. The molecule has 0 heterocycles. The largest absolute Gasteiger partial charge is 0.465 e. The van der Waals surface area contributed by atoms with Crippen LogP contribution in [0.2, 0.25) is 0 Å². The Bertz CT molecular complexity index is 601. The Kier molecular flexibility index (Phi) is 10.7. The summed E-state index contributed by atoms with van der Waals surface area (Å²) in [6.45, 7) is 5.16. The lowest BCUT2D eigenvalue weighted by Gasteiger charge is -2.42. The van der Waals surface area contributed by atoms with Crippen LogP contribution in [0.25, 0.3) is 0 Å².